The average Bonchev–Trinajstić information content (AvgIpc) is 2.38. The van der Waals surface area contributed by atoms with E-state index in [9.17, 15) is 0 Å². The molecule has 0 aliphatic heterocycles. The fourth-order valence-corrected chi connectivity index (χ4v) is 1.97. The number of methoxy groups -OCH3 is 1. The van der Waals surface area contributed by atoms with Crippen molar-refractivity contribution in [2.24, 2.45) is 0 Å². The van der Waals surface area contributed by atoms with E-state index in [1.165, 1.54) is 0 Å². The van der Waals surface area contributed by atoms with E-state index in [4.69, 9.17) is 10.5 Å². The summed E-state index contributed by atoms with van der Waals surface area (Å²) in [6, 6.07) is 7.66. The smallest absolute Gasteiger partial charge is 0.142 e. The minimum atomic E-state index is 0.470. The number of nitrogens with zero attached hydrogens (tertiary/aromatic N) is 2. The summed E-state index contributed by atoms with van der Waals surface area (Å²) in [6.07, 6.45) is 1.79. The number of nitrogens with one attached hydrogen (secondary N) is 1. The van der Waals surface area contributed by atoms with Gasteiger partial charge < -0.3 is 15.8 Å². The van der Waals surface area contributed by atoms with Crippen LogP contribution >= 0.6 is 0 Å². The Hall–Kier alpha value is -2.30. The summed E-state index contributed by atoms with van der Waals surface area (Å²) in [6.45, 7) is 4.12. The van der Waals surface area contributed by atoms with Crippen molar-refractivity contribution in [2.45, 2.75) is 26.7 Å². The number of nitrogens with two attached hydrogens (primary N) is 1. The van der Waals surface area contributed by atoms with Crippen molar-refractivity contribution in [1.82, 2.24) is 9.97 Å². The molecule has 0 spiro atoms. The molecule has 0 aliphatic carbocycles. The lowest BCUT2D eigenvalue weighted by molar-refractivity contribution is 0.416. The fraction of sp³-hybridized carbons (Fsp3) is 0.333. The Kier molecular flexibility index (Phi) is 4.40. The third-order valence-corrected chi connectivity index (χ3v) is 2.88. The molecule has 0 bridgehead atoms. The molecular formula is C15H20N4O. The van der Waals surface area contributed by atoms with Gasteiger partial charge in [0.05, 0.1) is 12.8 Å². The van der Waals surface area contributed by atoms with Gasteiger partial charge in [-0.05, 0) is 31.0 Å². The first-order valence-corrected chi connectivity index (χ1v) is 6.67. The van der Waals surface area contributed by atoms with E-state index in [0.717, 1.165) is 35.7 Å². The van der Waals surface area contributed by atoms with Crippen molar-refractivity contribution in [3.63, 3.8) is 0 Å². The van der Waals surface area contributed by atoms with Gasteiger partial charge in [0.1, 0.15) is 23.2 Å². The predicted octanol–water partition coefficient (Wildman–Crippen LogP) is 3.07. The first-order valence-electron chi connectivity index (χ1n) is 6.67. The van der Waals surface area contributed by atoms with E-state index in [1.807, 2.05) is 25.1 Å². The Labute approximate surface area is 119 Å². The van der Waals surface area contributed by atoms with Gasteiger partial charge in [-0.3, -0.25) is 0 Å². The maximum Gasteiger partial charge on any atom is 0.142 e. The van der Waals surface area contributed by atoms with E-state index in [-0.39, 0.29) is 0 Å². The molecule has 106 valence electrons. The van der Waals surface area contributed by atoms with Crippen LogP contribution in [-0.4, -0.2) is 17.1 Å². The molecular weight excluding hydrogens is 252 g/mol. The number of aryl methyl sites for hydroxylation is 2. The quantitative estimate of drug-likeness (QED) is 0.875. The van der Waals surface area contributed by atoms with Crippen molar-refractivity contribution < 1.29 is 4.74 Å². The topological polar surface area (TPSA) is 73.1 Å². The minimum Gasteiger partial charge on any atom is -0.495 e. The molecule has 2 rings (SSSR count). The Balaban J connectivity index is 2.31. The van der Waals surface area contributed by atoms with Crippen LogP contribution < -0.4 is 15.8 Å². The normalized spacial score (nSPS) is 10.3. The van der Waals surface area contributed by atoms with Crippen molar-refractivity contribution in [1.29, 1.82) is 0 Å². The molecule has 0 amide bonds. The number of ether oxygens (including phenoxy) is 1. The summed E-state index contributed by atoms with van der Waals surface area (Å²) in [4.78, 5) is 8.69. The standard InChI is InChI=1S/C15H20N4O/c1-4-5-14-18-13(16)9-15(19-14)17-11-8-10(2)6-7-12(11)20-3/h6-9H,4-5H2,1-3H3,(H3,16,17,18,19). The van der Waals surface area contributed by atoms with E-state index in [0.29, 0.717) is 11.6 Å². The Morgan fingerprint density at radius 1 is 1.25 bits per heavy atom. The number of aromatic nitrogens is 2. The largest absolute Gasteiger partial charge is 0.495 e. The molecule has 1 heterocycles. The highest BCUT2D eigenvalue weighted by molar-refractivity contribution is 5.66. The highest BCUT2D eigenvalue weighted by Crippen LogP contribution is 2.28. The predicted molar refractivity (Wildman–Crippen MR) is 81.5 cm³/mol. The van der Waals surface area contributed by atoms with E-state index in [2.05, 4.69) is 22.2 Å². The highest BCUT2D eigenvalue weighted by atomic mass is 16.5. The third-order valence-electron chi connectivity index (χ3n) is 2.88. The maximum absolute atomic E-state index is 5.82. The van der Waals surface area contributed by atoms with Crippen LogP contribution in [0.2, 0.25) is 0 Å². The molecule has 2 aromatic rings. The summed E-state index contributed by atoms with van der Waals surface area (Å²) in [7, 11) is 1.65. The van der Waals surface area contributed by atoms with Gasteiger partial charge in [-0.1, -0.05) is 13.0 Å². The summed E-state index contributed by atoms with van der Waals surface area (Å²) in [5, 5.41) is 3.25. The molecule has 0 radical (unpaired) electrons. The molecule has 5 heteroatoms. The number of hydrogen-bond acceptors (Lipinski definition) is 5. The van der Waals surface area contributed by atoms with Crippen molar-refractivity contribution in [2.75, 3.05) is 18.2 Å². The van der Waals surface area contributed by atoms with Crippen LogP contribution in [-0.2, 0) is 6.42 Å². The lowest BCUT2D eigenvalue weighted by Crippen LogP contribution is -2.04. The van der Waals surface area contributed by atoms with Crippen molar-refractivity contribution >= 4 is 17.3 Å². The van der Waals surface area contributed by atoms with Crippen LogP contribution in [0.3, 0.4) is 0 Å². The molecule has 0 saturated carbocycles. The van der Waals surface area contributed by atoms with Gasteiger partial charge in [-0.25, -0.2) is 9.97 Å². The molecule has 20 heavy (non-hydrogen) atoms. The molecule has 0 unspecified atom stereocenters. The maximum atomic E-state index is 5.82. The fourth-order valence-electron chi connectivity index (χ4n) is 1.97. The first-order chi connectivity index (χ1) is 9.62. The second kappa shape index (κ2) is 6.23. The van der Waals surface area contributed by atoms with Crippen molar-refractivity contribution in [3.05, 3.63) is 35.7 Å². The van der Waals surface area contributed by atoms with Gasteiger partial charge in [0.2, 0.25) is 0 Å². The molecule has 3 N–H and O–H groups in total. The zero-order chi connectivity index (χ0) is 14.5. The van der Waals surface area contributed by atoms with E-state index in [1.54, 1.807) is 13.2 Å². The Morgan fingerprint density at radius 2 is 2.05 bits per heavy atom. The molecule has 0 aliphatic rings. The van der Waals surface area contributed by atoms with E-state index >= 15 is 0 Å². The molecule has 0 saturated heterocycles. The second-order valence-corrected chi connectivity index (χ2v) is 4.67. The van der Waals surface area contributed by atoms with Crippen LogP contribution in [0.15, 0.2) is 24.3 Å². The van der Waals surface area contributed by atoms with Gasteiger partial charge in [-0.2, -0.15) is 0 Å². The zero-order valence-corrected chi connectivity index (χ0v) is 12.1. The SMILES string of the molecule is CCCc1nc(N)cc(Nc2cc(C)ccc2OC)n1. The molecule has 1 aromatic heterocycles. The van der Waals surface area contributed by atoms with Crippen LogP contribution in [0.5, 0.6) is 5.75 Å². The highest BCUT2D eigenvalue weighted by Gasteiger charge is 2.07. The monoisotopic (exact) mass is 272 g/mol. The third kappa shape index (κ3) is 3.38. The van der Waals surface area contributed by atoms with Crippen molar-refractivity contribution in [3.8, 4) is 5.75 Å². The average molecular weight is 272 g/mol. The number of benzene rings is 1. The van der Waals surface area contributed by atoms with Gasteiger partial charge in [0, 0.05) is 12.5 Å². The number of rotatable bonds is 5. The molecule has 0 fully saturated rings. The van der Waals surface area contributed by atoms with Gasteiger partial charge in [-0.15, -0.1) is 0 Å². The van der Waals surface area contributed by atoms with E-state index < -0.39 is 0 Å². The lowest BCUT2D eigenvalue weighted by atomic mass is 10.2. The van der Waals surface area contributed by atoms with Crippen LogP contribution in [0.1, 0.15) is 24.7 Å². The van der Waals surface area contributed by atoms with Crippen LogP contribution in [0.25, 0.3) is 0 Å². The molecule has 5 nitrogen and oxygen atoms in total. The summed E-state index contributed by atoms with van der Waals surface area (Å²) >= 11 is 0. The summed E-state index contributed by atoms with van der Waals surface area (Å²) in [5.41, 5.74) is 7.83. The van der Waals surface area contributed by atoms with Gasteiger partial charge in [0.15, 0.2) is 0 Å². The van der Waals surface area contributed by atoms with Crippen LogP contribution in [0.4, 0.5) is 17.3 Å². The molecule has 0 atom stereocenters. The first kappa shape index (κ1) is 14.1. The number of nitrogen functional groups attached to an aromatic ring is 1. The Morgan fingerprint density at radius 3 is 2.75 bits per heavy atom. The minimum absolute atomic E-state index is 0.470. The summed E-state index contributed by atoms with van der Waals surface area (Å²) < 4.78 is 5.34. The lowest BCUT2D eigenvalue weighted by Gasteiger charge is -2.12. The second-order valence-electron chi connectivity index (χ2n) is 4.67. The van der Waals surface area contributed by atoms with Crippen LogP contribution in [0, 0.1) is 6.92 Å². The van der Waals surface area contributed by atoms with Gasteiger partial charge >= 0.3 is 0 Å². The number of anilines is 3. The Bertz CT molecular complexity index is 598. The summed E-state index contributed by atoms with van der Waals surface area (Å²) in [5.74, 6) is 2.67. The van der Waals surface area contributed by atoms with Gasteiger partial charge in [0.25, 0.3) is 0 Å². The number of hydrogen-bond donors (Lipinski definition) is 2. The zero-order valence-electron chi connectivity index (χ0n) is 12.1. The molecule has 1 aromatic carbocycles.